The Morgan fingerprint density at radius 3 is 2.70 bits per heavy atom. The van der Waals surface area contributed by atoms with Crippen molar-refractivity contribution in [1.29, 1.82) is 0 Å². The van der Waals surface area contributed by atoms with Gasteiger partial charge in [-0.3, -0.25) is 9.59 Å². The van der Waals surface area contributed by atoms with Gasteiger partial charge in [-0.15, -0.1) is 11.8 Å². The Hall–Kier alpha value is -2.54. The zero-order valence-corrected chi connectivity index (χ0v) is 16.2. The summed E-state index contributed by atoms with van der Waals surface area (Å²) in [5.41, 5.74) is 3.01. The van der Waals surface area contributed by atoms with Crippen LogP contribution in [0.25, 0.3) is 0 Å². The molecular weight excluding hydrogens is 364 g/mol. The first kappa shape index (κ1) is 19.2. The molecule has 0 saturated carbocycles. The smallest absolute Gasteiger partial charge is 0.315 e. The number of hydrogen-bond donors (Lipinski definition) is 0. The molecule has 1 aromatic carbocycles. The highest BCUT2D eigenvalue weighted by molar-refractivity contribution is 8.00. The predicted molar refractivity (Wildman–Crippen MR) is 105 cm³/mol. The Kier molecular flexibility index (Phi) is 6.34. The van der Waals surface area contributed by atoms with Crippen LogP contribution in [-0.2, 0) is 14.3 Å². The summed E-state index contributed by atoms with van der Waals surface area (Å²) in [7, 11) is 0. The number of hydrazone groups is 1. The summed E-state index contributed by atoms with van der Waals surface area (Å²) in [6, 6.07) is 11.5. The lowest BCUT2D eigenvalue weighted by atomic mass is 10.0. The molecule has 0 spiro atoms. The van der Waals surface area contributed by atoms with Crippen LogP contribution in [0, 0.1) is 6.92 Å². The summed E-state index contributed by atoms with van der Waals surface area (Å²) in [4.78, 5) is 24.2. The number of benzene rings is 1. The molecule has 0 N–H and O–H groups in total. The summed E-state index contributed by atoms with van der Waals surface area (Å²) in [5.74, 6) is 0.522. The molecule has 1 aromatic heterocycles. The first-order valence-corrected chi connectivity index (χ1v) is 9.97. The summed E-state index contributed by atoms with van der Waals surface area (Å²) in [6.07, 6.45) is 2.18. The van der Waals surface area contributed by atoms with Crippen molar-refractivity contribution in [3.8, 4) is 0 Å². The van der Waals surface area contributed by atoms with Crippen LogP contribution in [0.4, 0.5) is 0 Å². The lowest BCUT2D eigenvalue weighted by Gasteiger charge is -2.19. The van der Waals surface area contributed by atoms with E-state index in [4.69, 9.17) is 9.15 Å². The van der Waals surface area contributed by atoms with Gasteiger partial charge in [-0.2, -0.15) is 5.10 Å². The van der Waals surface area contributed by atoms with Crippen LogP contribution in [-0.4, -0.2) is 40.7 Å². The van der Waals surface area contributed by atoms with Crippen molar-refractivity contribution in [2.24, 2.45) is 5.10 Å². The van der Waals surface area contributed by atoms with Crippen molar-refractivity contribution in [2.75, 3.05) is 18.1 Å². The van der Waals surface area contributed by atoms with Crippen molar-refractivity contribution >= 4 is 29.4 Å². The van der Waals surface area contributed by atoms with Gasteiger partial charge in [0.15, 0.2) is 0 Å². The van der Waals surface area contributed by atoms with E-state index in [0.717, 1.165) is 11.3 Å². The average Bonchev–Trinajstić information content (AvgIpc) is 3.32. The van der Waals surface area contributed by atoms with Crippen LogP contribution in [0.15, 0.2) is 52.2 Å². The van der Waals surface area contributed by atoms with E-state index in [1.165, 1.54) is 22.3 Å². The van der Waals surface area contributed by atoms with Crippen LogP contribution in [0.1, 0.15) is 36.3 Å². The molecule has 6 nitrogen and oxygen atoms in total. The SMILES string of the molecule is CCOC(=O)CSCC(=O)N1N=C(c2ccc(C)cc2)CC1c1ccco1. The molecule has 27 heavy (non-hydrogen) atoms. The van der Waals surface area contributed by atoms with Crippen molar-refractivity contribution in [1.82, 2.24) is 5.01 Å². The quantitative estimate of drug-likeness (QED) is 0.681. The van der Waals surface area contributed by atoms with E-state index in [0.29, 0.717) is 18.8 Å². The molecule has 1 aliphatic rings. The molecule has 2 heterocycles. The molecule has 1 atom stereocenters. The number of thioether (sulfide) groups is 1. The maximum atomic E-state index is 12.7. The van der Waals surface area contributed by atoms with E-state index in [1.807, 2.05) is 37.3 Å². The second kappa shape index (κ2) is 8.90. The number of carbonyl (C=O) groups is 2. The summed E-state index contributed by atoms with van der Waals surface area (Å²) < 4.78 is 10.4. The normalized spacial score (nSPS) is 16.3. The minimum Gasteiger partial charge on any atom is -0.467 e. The second-order valence-corrected chi connectivity index (χ2v) is 7.17. The number of carbonyl (C=O) groups excluding carboxylic acids is 2. The molecule has 3 rings (SSSR count). The third kappa shape index (κ3) is 4.80. The lowest BCUT2D eigenvalue weighted by Crippen LogP contribution is -2.28. The van der Waals surface area contributed by atoms with E-state index in [-0.39, 0.29) is 29.4 Å². The van der Waals surface area contributed by atoms with Gasteiger partial charge in [0.25, 0.3) is 5.91 Å². The zero-order chi connectivity index (χ0) is 19.2. The molecule has 0 aliphatic carbocycles. The van der Waals surface area contributed by atoms with E-state index in [1.54, 1.807) is 19.3 Å². The van der Waals surface area contributed by atoms with Crippen LogP contribution in [0.3, 0.4) is 0 Å². The van der Waals surface area contributed by atoms with Crippen LogP contribution in [0.5, 0.6) is 0 Å². The molecule has 0 bridgehead atoms. The van der Waals surface area contributed by atoms with Gasteiger partial charge in [-0.25, -0.2) is 5.01 Å². The monoisotopic (exact) mass is 386 g/mol. The van der Waals surface area contributed by atoms with Crippen LogP contribution < -0.4 is 0 Å². The van der Waals surface area contributed by atoms with E-state index < -0.39 is 0 Å². The summed E-state index contributed by atoms with van der Waals surface area (Å²) >= 11 is 1.23. The molecule has 1 unspecified atom stereocenters. The average molecular weight is 386 g/mol. The van der Waals surface area contributed by atoms with E-state index in [9.17, 15) is 9.59 Å². The van der Waals surface area contributed by atoms with Gasteiger partial charge >= 0.3 is 5.97 Å². The Bertz CT molecular complexity index is 815. The van der Waals surface area contributed by atoms with E-state index >= 15 is 0 Å². The third-order valence-electron chi connectivity index (χ3n) is 4.17. The highest BCUT2D eigenvalue weighted by atomic mass is 32.2. The van der Waals surface area contributed by atoms with Crippen LogP contribution in [0.2, 0.25) is 0 Å². The van der Waals surface area contributed by atoms with Gasteiger partial charge in [0, 0.05) is 6.42 Å². The molecule has 0 fully saturated rings. The topological polar surface area (TPSA) is 72.1 Å². The predicted octanol–water partition coefficient (Wildman–Crippen LogP) is 3.56. The fourth-order valence-corrected chi connectivity index (χ4v) is 3.51. The second-order valence-electron chi connectivity index (χ2n) is 6.18. The zero-order valence-electron chi connectivity index (χ0n) is 15.4. The number of esters is 1. The van der Waals surface area contributed by atoms with Crippen molar-refractivity contribution in [2.45, 2.75) is 26.3 Å². The molecule has 7 heteroatoms. The number of ether oxygens (including phenoxy) is 1. The number of amides is 1. The van der Waals surface area contributed by atoms with Crippen molar-refractivity contribution in [3.63, 3.8) is 0 Å². The maximum absolute atomic E-state index is 12.7. The maximum Gasteiger partial charge on any atom is 0.315 e. The Labute approximate surface area is 162 Å². The Morgan fingerprint density at radius 1 is 1.26 bits per heavy atom. The number of furan rings is 1. The summed E-state index contributed by atoms with van der Waals surface area (Å²) in [5, 5.41) is 6.05. The van der Waals surface area contributed by atoms with Gasteiger partial charge in [0.2, 0.25) is 0 Å². The first-order valence-electron chi connectivity index (χ1n) is 8.82. The molecule has 0 radical (unpaired) electrons. The van der Waals surface area contributed by atoms with E-state index in [2.05, 4.69) is 5.10 Å². The fourth-order valence-electron chi connectivity index (χ4n) is 2.85. The van der Waals surface area contributed by atoms with Crippen LogP contribution >= 0.6 is 11.8 Å². The largest absolute Gasteiger partial charge is 0.467 e. The minimum atomic E-state index is -0.317. The molecule has 1 aliphatic heterocycles. The molecule has 1 amide bonds. The molecular formula is C20H22N2O4S. The highest BCUT2D eigenvalue weighted by Gasteiger charge is 2.34. The molecule has 2 aromatic rings. The molecule has 0 saturated heterocycles. The van der Waals surface area contributed by atoms with Gasteiger partial charge in [-0.1, -0.05) is 29.8 Å². The lowest BCUT2D eigenvalue weighted by molar-refractivity contribution is -0.139. The van der Waals surface area contributed by atoms with Gasteiger partial charge in [0.05, 0.1) is 30.1 Å². The van der Waals surface area contributed by atoms with Crippen molar-refractivity contribution < 1.29 is 18.7 Å². The number of rotatable bonds is 7. The third-order valence-corrected chi connectivity index (χ3v) is 5.06. The van der Waals surface area contributed by atoms with Gasteiger partial charge in [0.1, 0.15) is 11.8 Å². The van der Waals surface area contributed by atoms with Gasteiger partial charge < -0.3 is 9.15 Å². The Morgan fingerprint density at radius 2 is 2.04 bits per heavy atom. The number of aryl methyl sites for hydroxylation is 1. The fraction of sp³-hybridized carbons (Fsp3) is 0.350. The highest BCUT2D eigenvalue weighted by Crippen LogP contribution is 2.33. The Balaban J connectivity index is 1.73. The number of nitrogens with zero attached hydrogens (tertiary/aromatic N) is 2. The molecule has 142 valence electrons. The van der Waals surface area contributed by atoms with Crippen molar-refractivity contribution in [3.05, 3.63) is 59.5 Å². The first-order chi connectivity index (χ1) is 13.1. The standard InChI is InChI=1S/C20H22N2O4S/c1-3-25-20(24)13-27-12-19(23)22-17(18-5-4-10-26-18)11-16(21-22)15-8-6-14(2)7-9-15/h4-10,17H,3,11-13H2,1-2H3. The summed E-state index contributed by atoms with van der Waals surface area (Å²) in [6.45, 7) is 4.12. The van der Waals surface area contributed by atoms with Gasteiger partial charge in [-0.05, 0) is 31.5 Å². The number of hydrogen-bond acceptors (Lipinski definition) is 6. The minimum absolute atomic E-state index is 0.146.